The molecule has 0 atom stereocenters. The lowest BCUT2D eigenvalue weighted by Crippen LogP contribution is -2.25. The number of thiophene rings is 1. The number of nitrogens with two attached hydrogens (primary N) is 1. The molecule has 0 bridgehead atoms. The van der Waals surface area contributed by atoms with E-state index in [0.717, 1.165) is 12.2 Å². The highest BCUT2D eigenvalue weighted by Crippen LogP contribution is 2.36. The molecular weight excluding hydrogens is 228 g/mol. The summed E-state index contributed by atoms with van der Waals surface area (Å²) in [6, 6.07) is 11.0. The zero-order valence-corrected chi connectivity index (χ0v) is 10.5. The van der Waals surface area contributed by atoms with Gasteiger partial charge < -0.3 is 10.6 Å². The molecule has 3 heteroatoms. The van der Waals surface area contributed by atoms with Crippen LogP contribution < -0.4 is 10.6 Å². The second-order valence-corrected chi connectivity index (χ2v) is 5.33. The minimum Gasteiger partial charge on any atom is -0.397 e. The molecule has 0 spiro atoms. The molecule has 1 fully saturated rings. The predicted molar refractivity (Wildman–Crippen MR) is 74.4 cm³/mol. The smallest absolute Gasteiger partial charge is 0.0605 e. The van der Waals surface area contributed by atoms with Crippen molar-refractivity contribution in [3.05, 3.63) is 46.7 Å². The maximum Gasteiger partial charge on any atom is 0.0605 e. The van der Waals surface area contributed by atoms with Crippen molar-refractivity contribution in [2.24, 2.45) is 0 Å². The number of para-hydroxylation sites is 2. The topological polar surface area (TPSA) is 29.3 Å². The molecule has 1 aromatic carbocycles. The van der Waals surface area contributed by atoms with Crippen LogP contribution in [-0.4, -0.2) is 6.04 Å². The minimum atomic E-state index is 0.680. The van der Waals surface area contributed by atoms with Crippen LogP contribution in [0, 0.1) is 0 Å². The molecule has 2 N–H and O–H groups in total. The van der Waals surface area contributed by atoms with Crippen LogP contribution in [0.5, 0.6) is 0 Å². The number of nitrogens with zero attached hydrogens (tertiary/aromatic N) is 1. The zero-order valence-electron chi connectivity index (χ0n) is 9.67. The summed E-state index contributed by atoms with van der Waals surface area (Å²) >= 11 is 1.76. The molecule has 88 valence electrons. The second-order valence-electron chi connectivity index (χ2n) is 4.55. The van der Waals surface area contributed by atoms with Crippen molar-refractivity contribution in [1.29, 1.82) is 0 Å². The number of hydrogen-bond acceptors (Lipinski definition) is 3. The standard InChI is InChI=1S/C14H16N2S/c15-13-3-1-2-4-14(13)16(12-5-6-12)9-11-7-8-17-10-11/h1-4,7-8,10,12H,5-6,9,15H2. The molecule has 1 aromatic heterocycles. The molecular formula is C14H16N2S. The van der Waals surface area contributed by atoms with E-state index in [9.17, 15) is 0 Å². The van der Waals surface area contributed by atoms with Crippen LogP contribution in [0.15, 0.2) is 41.1 Å². The number of anilines is 2. The van der Waals surface area contributed by atoms with Gasteiger partial charge in [0.05, 0.1) is 11.4 Å². The average Bonchev–Trinajstić information content (AvgIpc) is 3.05. The molecule has 2 aromatic rings. The van der Waals surface area contributed by atoms with Gasteiger partial charge in [-0.1, -0.05) is 12.1 Å². The van der Waals surface area contributed by atoms with Crippen LogP contribution in [0.25, 0.3) is 0 Å². The predicted octanol–water partition coefficient (Wildman–Crippen LogP) is 3.50. The van der Waals surface area contributed by atoms with Gasteiger partial charge in [-0.05, 0) is 47.4 Å². The normalized spacial score (nSPS) is 14.8. The van der Waals surface area contributed by atoms with Crippen LogP contribution in [-0.2, 0) is 6.54 Å². The van der Waals surface area contributed by atoms with Crippen molar-refractivity contribution >= 4 is 22.7 Å². The van der Waals surface area contributed by atoms with E-state index in [1.807, 2.05) is 12.1 Å². The fraction of sp³-hybridized carbons (Fsp3) is 0.286. The van der Waals surface area contributed by atoms with Crippen molar-refractivity contribution in [3.63, 3.8) is 0 Å². The van der Waals surface area contributed by atoms with Crippen LogP contribution in [0.4, 0.5) is 11.4 Å². The van der Waals surface area contributed by atoms with Crippen molar-refractivity contribution in [1.82, 2.24) is 0 Å². The van der Waals surface area contributed by atoms with Gasteiger partial charge in [0, 0.05) is 12.6 Å². The van der Waals surface area contributed by atoms with Crippen molar-refractivity contribution in [2.45, 2.75) is 25.4 Å². The summed E-state index contributed by atoms with van der Waals surface area (Å²) in [6.07, 6.45) is 2.58. The van der Waals surface area contributed by atoms with Gasteiger partial charge in [0.25, 0.3) is 0 Å². The van der Waals surface area contributed by atoms with E-state index in [0.29, 0.717) is 6.04 Å². The number of benzene rings is 1. The van der Waals surface area contributed by atoms with E-state index < -0.39 is 0 Å². The second kappa shape index (κ2) is 4.41. The molecule has 17 heavy (non-hydrogen) atoms. The van der Waals surface area contributed by atoms with E-state index in [1.165, 1.54) is 24.1 Å². The van der Waals surface area contributed by atoms with Gasteiger partial charge in [0.2, 0.25) is 0 Å². The molecule has 0 amide bonds. The molecule has 1 aliphatic carbocycles. The van der Waals surface area contributed by atoms with Crippen molar-refractivity contribution < 1.29 is 0 Å². The molecule has 0 unspecified atom stereocenters. The summed E-state index contributed by atoms with van der Waals surface area (Å²) in [5.74, 6) is 0. The Morgan fingerprint density at radius 2 is 2.06 bits per heavy atom. The third kappa shape index (κ3) is 2.29. The summed E-state index contributed by atoms with van der Waals surface area (Å²) < 4.78 is 0. The molecule has 2 nitrogen and oxygen atoms in total. The van der Waals surface area contributed by atoms with E-state index in [4.69, 9.17) is 5.73 Å². The molecule has 0 radical (unpaired) electrons. The summed E-state index contributed by atoms with van der Waals surface area (Å²) in [5, 5.41) is 4.35. The Morgan fingerprint density at radius 1 is 1.24 bits per heavy atom. The third-order valence-corrected chi connectivity index (χ3v) is 3.90. The lowest BCUT2D eigenvalue weighted by atomic mass is 10.2. The summed E-state index contributed by atoms with van der Waals surface area (Å²) in [5.41, 5.74) is 9.52. The van der Waals surface area contributed by atoms with E-state index in [1.54, 1.807) is 11.3 Å². The Kier molecular flexibility index (Phi) is 2.77. The minimum absolute atomic E-state index is 0.680. The highest BCUT2D eigenvalue weighted by molar-refractivity contribution is 7.07. The Labute approximate surface area is 106 Å². The Balaban J connectivity index is 1.88. The Hall–Kier alpha value is -1.48. The number of hydrogen-bond donors (Lipinski definition) is 1. The van der Waals surface area contributed by atoms with Gasteiger partial charge in [-0.25, -0.2) is 0 Å². The molecule has 1 aliphatic rings. The lowest BCUT2D eigenvalue weighted by Gasteiger charge is -2.25. The Morgan fingerprint density at radius 3 is 2.71 bits per heavy atom. The highest BCUT2D eigenvalue weighted by Gasteiger charge is 2.30. The quantitative estimate of drug-likeness (QED) is 0.834. The van der Waals surface area contributed by atoms with Crippen LogP contribution >= 0.6 is 11.3 Å². The fourth-order valence-electron chi connectivity index (χ4n) is 2.13. The molecule has 0 saturated heterocycles. The maximum atomic E-state index is 6.08. The molecule has 3 rings (SSSR count). The third-order valence-electron chi connectivity index (χ3n) is 3.17. The largest absolute Gasteiger partial charge is 0.397 e. The van der Waals surface area contributed by atoms with Gasteiger partial charge in [0.1, 0.15) is 0 Å². The highest BCUT2D eigenvalue weighted by atomic mass is 32.1. The van der Waals surface area contributed by atoms with Gasteiger partial charge >= 0.3 is 0 Å². The Bertz CT molecular complexity index is 489. The molecule has 1 heterocycles. The first-order valence-electron chi connectivity index (χ1n) is 5.97. The van der Waals surface area contributed by atoms with Gasteiger partial charge in [-0.3, -0.25) is 0 Å². The first kappa shape index (κ1) is 10.7. The first-order valence-corrected chi connectivity index (χ1v) is 6.91. The average molecular weight is 244 g/mol. The SMILES string of the molecule is Nc1ccccc1N(Cc1ccsc1)C1CC1. The zero-order chi connectivity index (χ0) is 11.7. The van der Waals surface area contributed by atoms with Gasteiger partial charge in [-0.15, -0.1) is 0 Å². The van der Waals surface area contributed by atoms with Gasteiger partial charge in [-0.2, -0.15) is 11.3 Å². The van der Waals surface area contributed by atoms with E-state index in [2.05, 4.69) is 33.9 Å². The van der Waals surface area contributed by atoms with Crippen LogP contribution in [0.3, 0.4) is 0 Å². The van der Waals surface area contributed by atoms with E-state index >= 15 is 0 Å². The number of rotatable bonds is 4. The fourth-order valence-corrected chi connectivity index (χ4v) is 2.79. The molecule has 1 saturated carbocycles. The monoisotopic (exact) mass is 244 g/mol. The molecule has 0 aliphatic heterocycles. The van der Waals surface area contributed by atoms with Crippen molar-refractivity contribution in [3.8, 4) is 0 Å². The summed E-state index contributed by atoms with van der Waals surface area (Å²) in [4.78, 5) is 2.44. The van der Waals surface area contributed by atoms with Crippen molar-refractivity contribution in [2.75, 3.05) is 10.6 Å². The van der Waals surface area contributed by atoms with Crippen LogP contribution in [0.1, 0.15) is 18.4 Å². The number of nitrogen functional groups attached to an aromatic ring is 1. The summed E-state index contributed by atoms with van der Waals surface area (Å²) in [6.45, 7) is 0.975. The maximum absolute atomic E-state index is 6.08. The van der Waals surface area contributed by atoms with E-state index in [-0.39, 0.29) is 0 Å². The van der Waals surface area contributed by atoms with Crippen LogP contribution in [0.2, 0.25) is 0 Å². The lowest BCUT2D eigenvalue weighted by molar-refractivity contribution is 0.798. The van der Waals surface area contributed by atoms with Gasteiger partial charge in [0.15, 0.2) is 0 Å². The first-order chi connectivity index (χ1) is 8.34. The summed E-state index contributed by atoms with van der Waals surface area (Å²) in [7, 11) is 0.